The van der Waals surface area contributed by atoms with Crippen LogP contribution in [0.3, 0.4) is 0 Å². The molecule has 2 fully saturated rings. The quantitative estimate of drug-likeness (QED) is 0.740. The molecule has 4 rings (SSSR count). The number of aryl methyl sites for hydroxylation is 1. The number of H-pyrrole nitrogens is 1. The maximum atomic E-state index is 13.2. The summed E-state index contributed by atoms with van der Waals surface area (Å²) in [4.78, 5) is 29.9. The van der Waals surface area contributed by atoms with Gasteiger partial charge in [0.05, 0.1) is 5.92 Å². The molecule has 3 heterocycles. The molecule has 2 aliphatic rings. The first-order valence-electron chi connectivity index (χ1n) is 10.7. The number of amides is 2. The van der Waals surface area contributed by atoms with Crippen LogP contribution in [0.2, 0.25) is 0 Å². The molecule has 0 spiro atoms. The molecule has 1 atom stereocenters. The number of nitrogens with zero attached hydrogens (tertiary/aromatic N) is 2. The van der Waals surface area contributed by atoms with Crippen molar-refractivity contribution in [3.8, 4) is 0 Å². The summed E-state index contributed by atoms with van der Waals surface area (Å²) in [6.07, 6.45) is 4.55. The van der Waals surface area contributed by atoms with Crippen LogP contribution in [0.4, 0.5) is 5.69 Å². The van der Waals surface area contributed by atoms with Crippen molar-refractivity contribution in [3.05, 3.63) is 47.8 Å². The minimum absolute atomic E-state index is 0.0646. The standard InChI is InChI=1S/C22H28N4O4S/c1-16-6-4-8-18(12-16)24-21(27)17-7-5-11-26(15-17)31(29,30)19-13-20(23-14-19)22(28)25-9-2-3-10-25/h4,6,8,12-14,17,23H,2-3,5,7,9-11,15H2,1H3,(H,24,27)/t17-/m0/s1. The first kappa shape index (κ1) is 21.6. The second-order valence-electron chi connectivity index (χ2n) is 8.31. The van der Waals surface area contributed by atoms with E-state index in [0.717, 1.165) is 18.4 Å². The maximum absolute atomic E-state index is 13.2. The van der Waals surface area contributed by atoms with Gasteiger partial charge in [-0.2, -0.15) is 4.31 Å². The topological polar surface area (TPSA) is 103 Å². The Morgan fingerprint density at radius 3 is 2.61 bits per heavy atom. The van der Waals surface area contributed by atoms with E-state index in [4.69, 9.17) is 0 Å². The van der Waals surface area contributed by atoms with E-state index in [1.807, 2.05) is 31.2 Å². The lowest BCUT2D eigenvalue weighted by molar-refractivity contribution is -0.120. The van der Waals surface area contributed by atoms with Gasteiger partial charge in [-0.05, 0) is 56.4 Å². The number of hydrogen-bond donors (Lipinski definition) is 2. The highest BCUT2D eigenvalue weighted by Gasteiger charge is 2.34. The van der Waals surface area contributed by atoms with Crippen molar-refractivity contribution < 1.29 is 18.0 Å². The average molecular weight is 445 g/mol. The molecule has 2 N–H and O–H groups in total. The third-order valence-corrected chi connectivity index (χ3v) is 7.80. The summed E-state index contributed by atoms with van der Waals surface area (Å²) in [5.41, 5.74) is 2.03. The third kappa shape index (κ3) is 4.67. The van der Waals surface area contributed by atoms with Gasteiger partial charge in [0, 0.05) is 38.1 Å². The lowest BCUT2D eigenvalue weighted by Gasteiger charge is -2.31. The Morgan fingerprint density at radius 2 is 1.87 bits per heavy atom. The van der Waals surface area contributed by atoms with E-state index in [9.17, 15) is 18.0 Å². The fraction of sp³-hybridized carbons (Fsp3) is 0.455. The van der Waals surface area contributed by atoms with Crippen molar-refractivity contribution in [2.75, 3.05) is 31.5 Å². The molecular weight excluding hydrogens is 416 g/mol. The Labute approximate surface area is 182 Å². The molecule has 1 aromatic heterocycles. The first-order valence-corrected chi connectivity index (χ1v) is 12.1. The fourth-order valence-electron chi connectivity index (χ4n) is 4.23. The fourth-order valence-corrected chi connectivity index (χ4v) is 5.75. The summed E-state index contributed by atoms with van der Waals surface area (Å²) in [5.74, 6) is -0.772. The molecule has 8 nitrogen and oxygen atoms in total. The summed E-state index contributed by atoms with van der Waals surface area (Å²) in [7, 11) is -3.79. The molecule has 166 valence electrons. The minimum atomic E-state index is -3.79. The molecule has 2 amide bonds. The number of carbonyl (C=O) groups is 2. The number of aromatic amines is 1. The largest absolute Gasteiger partial charge is 0.356 e. The van der Waals surface area contributed by atoms with Gasteiger partial charge in [0.2, 0.25) is 15.9 Å². The lowest BCUT2D eigenvalue weighted by atomic mass is 9.98. The van der Waals surface area contributed by atoms with Gasteiger partial charge < -0.3 is 15.2 Å². The van der Waals surface area contributed by atoms with E-state index < -0.39 is 15.9 Å². The number of nitrogens with one attached hydrogen (secondary N) is 2. The summed E-state index contributed by atoms with van der Waals surface area (Å²) in [6.45, 7) is 3.83. The van der Waals surface area contributed by atoms with Crippen molar-refractivity contribution in [3.63, 3.8) is 0 Å². The minimum Gasteiger partial charge on any atom is -0.356 e. The van der Waals surface area contributed by atoms with E-state index in [1.54, 1.807) is 4.90 Å². The van der Waals surface area contributed by atoms with Crippen LogP contribution in [-0.2, 0) is 14.8 Å². The predicted octanol–water partition coefficient (Wildman–Crippen LogP) is 2.60. The molecule has 0 bridgehead atoms. The Balaban J connectivity index is 1.44. The normalized spacial score (nSPS) is 20.0. The van der Waals surface area contributed by atoms with Crippen molar-refractivity contribution in [1.82, 2.24) is 14.2 Å². The summed E-state index contributed by atoms with van der Waals surface area (Å²) >= 11 is 0. The number of piperidine rings is 1. The van der Waals surface area contributed by atoms with Gasteiger partial charge in [-0.3, -0.25) is 9.59 Å². The lowest BCUT2D eigenvalue weighted by Crippen LogP contribution is -2.43. The number of carbonyl (C=O) groups excluding carboxylic acids is 2. The second-order valence-corrected chi connectivity index (χ2v) is 10.2. The molecular formula is C22H28N4O4S. The number of likely N-dealkylation sites (tertiary alicyclic amines) is 1. The van der Waals surface area contributed by atoms with Crippen LogP contribution in [0, 0.1) is 12.8 Å². The highest BCUT2D eigenvalue weighted by atomic mass is 32.2. The summed E-state index contributed by atoms with van der Waals surface area (Å²) in [6, 6.07) is 8.93. The van der Waals surface area contributed by atoms with Crippen molar-refractivity contribution in [1.29, 1.82) is 0 Å². The molecule has 1 aromatic carbocycles. The molecule has 2 aliphatic heterocycles. The number of benzene rings is 1. The molecule has 0 unspecified atom stereocenters. The molecule has 0 saturated carbocycles. The highest BCUT2D eigenvalue weighted by molar-refractivity contribution is 7.89. The molecule has 31 heavy (non-hydrogen) atoms. The SMILES string of the molecule is Cc1cccc(NC(=O)[C@H]2CCCN(S(=O)(=O)c3c[nH]c(C(=O)N4CCCC4)c3)C2)c1. The highest BCUT2D eigenvalue weighted by Crippen LogP contribution is 2.26. The van der Waals surface area contributed by atoms with Crippen LogP contribution in [0.5, 0.6) is 0 Å². The molecule has 2 saturated heterocycles. The van der Waals surface area contributed by atoms with Gasteiger partial charge in [-0.25, -0.2) is 8.42 Å². The zero-order valence-electron chi connectivity index (χ0n) is 17.6. The average Bonchev–Trinajstić information content (AvgIpc) is 3.46. The third-order valence-electron chi connectivity index (χ3n) is 5.96. The molecule has 0 aliphatic carbocycles. The maximum Gasteiger partial charge on any atom is 0.270 e. The van der Waals surface area contributed by atoms with Crippen LogP contribution < -0.4 is 5.32 Å². The van der Waals surface area contributed by atoms with Crippen LogP contribution in [0.1, 0.15) is 41.7 Å². The van der Waals surface area contributed by atoms with Crippen LogP contribution in [-0.4, -0.2) is 60.6 Å². The number of sulfonamides is 1. The zero-order chi connectivity index (χ0) is 22.0. The number of aromatic nitrogens is 1. The summed E-state index contributed by atoms with van der Waals surface area (Å²) in [5, 5.41) is 2.90. The predicted molar refractivity (Wildman–Crippen MR) is 117 cm³/mol. The van der Waals surface area contributed by atoms with Crippen LogP contribution in [0.25, 0.3) is 0 Å². The van der Waals surface area contributed by atoms with Crippen LogP contribution >= 0.6 is 0 Å². The van der Waals surface area contributed by atoms with E-state index in [-0.39, 0.29) is 28.9 Å². The molecule has 9 heteroatoms. The second kappa shape index (κ2) is 8.84. The monoisotopic (exact) mass is 444 g/mol. The Kier molecular flexibility index (Phi) is 6.15. The van der Waals surface area contributed by atoms with E-state index in [1.165, 1.54) is 16.6 Å². The first-order chi connectivity index (χ1) is 14.8. The van der Waals surface area contributed by atoms with Gasteiger partial charge >= 0.3 is 0 Å². The van der Waals surface area contributed by atoms with Gasteiger partial charge in [0.25, 0.3) is 5.91 Å². The number of rotatable bonds is 5. The van der Waals surface area contributed by atoms with Gasteiger partial charge in [-0.1, -0.05) is 12.1 Å². The van der Waals surface area contributed by atoms with Gasteiger partial charge in [0.15, 0.2) is 0 Å². The number of anilines is 1. The molecule has 2 aromatic rings. The van der Waals surface area contributed by atoms with E-state index >= 15 is 0 Å². The van der Waals surface area contributed by atoms with Crippen molar-refractivity contribution in [2.45, 2.75) is 37.5 Å². The molecule has 0 radical (unpaired) electrons. The van der Waals surface area contributed by atoms with Gasteiger partial charge in [0.1, 0.15) is 10.6 Å². The smallest absolute Gasteiger partial charge is 0.270 e. The zero-order valence-corrected chi connectivity index (χ0v) is 18.5. The van der Waals surface area contributed by atoms with Crippen molar-refractivity contribution in [2.24, 2.45) is 5.92 Å². The summed E-state index contributed by atoms with van der Waals surface area (Å²) < 4.78 is 27.7. The Hall–Kier alpha value is -2.65. The van der Waals surface area contributed by atoms with Crippen molar-refractivity contribution >= 4 is 27.5 Å². The number of hydrogen-bond acceptors (Lipinski definition) is 4. The Bertz CT molecular complexity index is 1070. The van der Waals surface area contributed by atoms with E-state index in [0.29, 0.717) is 38.2 Å². The Morgan fingerprint density at radius 1 is 1.10 bits per heavy atom. The van der Waals surface area contributed by atoms with Gasteiger partial charge in [-0.15, -0.1) is 0 Å². The van der Waals surface area contributed by atoms with E-state index in [2.05, 4.69) is 10.3 Å². The van der Waals surface area contributed by atoms with Crippen LogP contribution in [0.15, 0.2) is 41.4 Å².